The zero-order chi connectivity index (χ0) is 14.6. The maximum Gasteiger partial charge on any atom is 0.149 e. The van der Waals surface area contributed by atoms with Crippen molar-refractivity contribution in [3.05, 3.63) is 23.8 Å². The Balaban J connectivity index is 3.05. The third kappa shape index (κ3) is 4.40. The van der Waals surface area contributed by atoms with Crippen LogP contribution in [0.1, 0.15) is 18.5 Å². The summed E-state index contributed by atoms with van der Waals surface area (Å²) in [6, 6.07) is 5.46. The number of methoxy groups -OCH3 is 1. The van der Waals surface area contributed by atoms with E-state index in [4.69, 9.17) is 10.5 Å². The molecule has 19 heavy (non-hydrogen) atoms. The highest BCUT2D eigenvalue weighted by Gasteiger charge is 2.16. The lowest BCUT2D eigenvalue weighted by Crippen LogP contribution is -2.26. The van der Waals surface area contributed by atoms with E-state index in [1.807, 2.05) is 37.1 Å². The Morgan fingerprint density at radius 3 is 2.53 bits per heavy atom. The highest BCUT2D eigenvalue weighted by Crippen LogP contribution is 2.32. The van der Waals surface area contributed by atoms with Crippen molar-refractivity contribution >= 4 is 15.5 Å². The van der Waals surface area contributed by atoms with Gasteiger partial charge in [-0.2, -0.15) is 0 Å². The molecule has 0 radical (unpaired) electrons. The highest BCUT2D eigenvalue weighted by atomic mass is 32.2. The van der Waals surface area contributed by atoms with Gasteiger partial charge in [0.05, 0.1) is 12.9 Å². The van der Waals surface area contributed by atoms with Crippen LogP contribution in [0.5, 0.6) is 5.75 Å². The number of hydrogen-bond donors (Lipinski definition) is 1. The van der Waals surface area contributed by atoms with E-state index in [9.17, 15) is 8.42 Å². The number of benzene rings is 1. The van der Waals surface area contributed by atoms with Crippen molar-refractivity contribution in [3.63, 3.8) is 0 Å². The molecule has 0 fully saturated rings. The fourth-order valence-corrected chi connectivity index (χ4v) is 2.53. The molecular formula is C13H22N2O3S. The van der Waals surface area contributed by atoms with Crippen molar-refractivity contribution in [3.8, 4) is 5.75 Å². The maximum atomic E-state index is 11.2. The van der Waals surface area contributed by atoms with Gasteiger partial charge in [-0.1, -0.05) is 6.07 Å². The zero-order valence-electron chi connectivity index (χ0n) is 11.9. The van der Waals surface area contributed by atoms with Gasteiger partial charge in [0.2, 0.25) is 0 Å². The molecule has 0 aromatic heterocycles. The summed E-state index contributed by atoms with van der Waals surface area (Å²) in [5, 5.41) is 0. The van der Waals surface area contributed by atoms with Crippen molar-refractivity contribution in [2.24, 2.45) is 5.73 Å². The second kappa shape index (κ2) is 6.25. The van der Waals surface area contributed by atoms with Crippen LogP contribution in [0.4, 0.5) is 5.69 Å². The van der Waals surface area contributed by atoms with Gasteiger partial charge in [0.1, 0.15) is 15.6 Å². The first-order chi connectivity index (χ1) is 8.76. The molecule has 0 saturated heterocycles. The van der Waals surface area contributed by atoms with E-state index in [0.29, 0.717) is 6.54 Å². The lowest BCUT2D eigenvalue weighted by molar-refractivity contribution is 0.407. The number of ether oxygens (including phenoxy) is 1. The maximum absolute atomic E-state index is 11.2. The van der Waals surface area contributed by atoms with Crippen molar-refractivity contribution in [2.75, 3.05) is 37.6 Å². The number of nitrogens with two attached hydrogens (primary N) is 1. The average molecular weight is 286 g/mol. The smallest absolute Gasteiger partial charge is 0.149 e. The molecule has 0 bridgehead atoms. The molecule has 1 atom stereocenters. The first-order valence-electron chi connectivity index (χ1n) is 6.07. The molecule has 1 rings (SSSR count). The Labute approximate surface area is 115 Å². The van der Waals surface area contributed by atoms with Crippen LogP contribution in [0.2, 0.25) is 0 Å². The van der Waals surface area contributed by atoms with Gasteiger partial charge < -0.3 is 15.4 Å². The van der Waals surface area contributed by atoms with E-state index in [1.54, 1.807) is 7.11 Å². The van der Waals surface area contributed by atoms with Gasteiger partial charge in [0.15, 0.2) is 0 Å². The van der Waals surface area contributed by atoms with Gasteiger partial charge >= 0.3 is 0 Å². The molecule has 0 spiro atoms. The number of hydrogen-bond acceptors (Lipinski definition) is 5. The summed E-state index contributed by atoms with van der Waals surface area (Å²) < 4.78 is 27.8. The van der Waals surface area contributed by atoms with Crippen LogP contribution in [0.15, 0.2) is 18.2 Å². The minimum atomic E-state index is -2.98. The number of sulfone groups is 1. The third-order valence-electron chi connectivity index (χ3n) is 2.93. The molecule has 0 amide bonds. The van der Waals surface area contributed by atoms with E-state index >= 15 is 0 Å². The normalized spacial score (nSPS) is 13.1. The fraction of sp³-hybridized carbons (Fsp3) is 0.538. The highest BCUT2D eigenvalue weighted by molar-refractivity contribution is 7.90. The van der Waals surface area contributed by atoms with Gasteiger partial charge in [-0.3, -0.25) is 0 Å². The largest absolute Gasteiger partial charge is 0.496 e. The molecule has 1 aromatic rings. The summed E-state index contributed by atoms with van der Waals surface area (Å²) >= 11 is 0. The molecule has 2 N–H and O–H groups in total. The van der Waals surface area contributed by atoms with Crippen molar-refractivity contribution in [1.29, 1.82) is 0 Å². The molecule has 0 aliphatic carbocycles. The Morgan fingerprint density at radius 1 is 1.42 bits per heavy atom. The van der Waals surface area contributed by atoms with Crippen LogP contribution in [0, 0.1) is 0 Å². The first-order valence-corrected chi connectivity index (χ1v) is 8.13. The first kappa shape index (κ1) is 15.8. The molecular weight excluding hydrogens is 264 g/mol. The molecule has 0 saturated carbocycles. The number of anilines is 1. The molecule has 1 aromatic carbocycles. The summed E-state index contributed by atoms with van der Waals surface area (Å²) in [4.78, 5) is 1.89. The van der Waals surface area contributed by atoms with Gasteiger partial charge in [-0.05, 0) is 19.1 Å². The van der Waals surface area contributed by atoms with Crippen LogP contribution in [-0.2, 0) is 9.84 Å². The molecule has 0 aliphatic heterocycles. The van der Waals surface area contributed by atoms with E-state index < -0.39 is 9.84 Å². The SMILES string of the molecule is COc1cccc(N(C)CCS(C)(=O)=O)c1C(C)N. The monoisotopic (exact) mass is 286 g/mol. The van der Waals surface area contributed by atoms with Crippen LogP contribution < -0.4 is 15.4 Å². The van der Waals surface area contributed by atoms with Crippen LogP contribution >= 0.6 is 0 Å². The Morgan fingerprint density at radius 2 is 2.05 bits per heavy atom. The van der Waals surface area contributed by atoms with Crippen LogP contribution in [-0.4, -0.2) is 41.1 Å². The summed E-state index contributed by atoms with van der Waals surface area (Å²) in [5.41, 5.74) is 7.78. The van der Waals surface area contributed by atoms with Gasteiger partial charge in [-0.15, -0.1) is 0 Å². The second-order valence-electron chi connectivity index (χ2n) is 4.73. The molecule has 108 valence electrons. The Bertz CT molecular complexity index is 527. The summed E-state index contributed by atoms with van der Waals surface area (Å²) in [6.07, 6.45) is 1.24. The fourth-order valence-electron chi connectivity index (χ4n) is 1.92. The molecule has 0 aliphatic rings. The van der Waals surface area contributed by atoms with Gasteiger partial charge in [-0.25, -0.2) is 8.42 Å². The van der Waals surface area contributed by atoms with E-state index in [2.05, 4.69) is 0 Å². The lowest BCUT2D eigenvalue weighted by atomic mass is 10.0. The predicted molar refractivity (Wildman–Crippen MR) is 78.6 cm³/mol. The van der Waals surface area contributed by atoms with Crippen LogP contribution in [0.3, 0.4) is 0 Å². The van der Waals surface area contributed by atoms with Crippen molar-refractivity contribution < 1.29 is 13.2 Å². The topological polar surface area (TPSA) is 72.6 Å². The predicted octanol–water partition coefficient (Wildman–Crippen LogP) is 1.20. The Hall–Kier alpha value is -1.27. The van der Waals surface area contributed by atoms with Gasteiger partial charge in [0.25, 0.3) is 0 Å². The van der Waals surface area contributed by atoms with Crippen molar-refractivity contribution in [2.45, 2.75) is 13.0 Å². The van der Waals surface area contributed by atoms with E-state index in [-0.39, 0.29) is 11.8 Å². The van der Waals surface area contributed by atoms with Crippen LogP contribution in [0.25, 0.3) is 0 Å². The summed E-state index contributed by atoms with van der Waals surface area (Å²) in [7, 11) is 0.472. The zero-order valence-corrected chi connectivity index (χ0v) is 12.7. The van der Waals surface area contributed by atoms with Crippen molar-refractivity contribution in [1.82, 2.24) is 0 Å². The Kier molecular flexibility index (Phi) is 5.20. The second-order valence-corrected chi connectivity index (χ2v) is 6.99. The average Bonchev–Trinajstić information content (AvgIpc) is 2.33. The van der Waals surface area contributed by atoms with E-state index in [1.165, 1.54) is 6.26 Å². The summed E-state index contributed by atoms with van der Waals surface area (Å²) in [6.45, 7) is 2.30. The number of nitrogens with zero attached hydrogens (tertiary/aromatic N) is 1. The molecule has 0 heterocycles. The molecule has 1 unspecified atom stereocenters. The standard InChI is InChI=1S/C13H22N2O3S/c1-10(14)13-11(6-5-7-12(13)18-3)15(2)8-9-19(4,16)17/h5-7,10H,8-9,14H2,1-4H3. The van der Waals surface area contributed by atoms with E-state index in [0.717, 1.165) is 17.0 Å². The molecule has 6 heteroatoms. The molecule has 5 nitrogen and oxygen atoms in total. The minimum absolute atomic E-state index is 0.110. The number of rotatable bonds is 6. The van der Waals surface area contributed by atoms with Gasteiger partial charge in [0, 0.05) is 37.1 Å². The minimum Gasteiger partial charge on any atom is -0.496 e. The third-order valence-corrected chi connectivity index (χ3v) is 3.85. The summed E-state index contributed by atoms with van der Waals surface area (Å²) in [5.74, 6) is 0.831. The lowest BCUT2D eigenvalue weighted by Gasteiger charge is -2.25. The quantitative estimate of drug-likeness (QED) is 0.850.